The molecular formula is C20H14N2O4. The lowest BCUT2D eigenvalue weighted by Gasteiger charge is -2.03. The van der Waals surface area contributed by atoms with E-state index < -0.39 is 5.97 Å². The molecule has 1 N–H and O–H groups in total. The number of carbonyl (C=O) groups excluding carboxylic acids is 1. The molecule has 0 amide bonds. The van der Waals surface area contributed by atoms with Crippen LogP contribution in [0.3, 0.4) is 0 Å². The van der Waals surface area contributed by atoms with E-state index >= 15 is 0 Å². The van der Waals surface area contributed by atoms with Crippen molar-refractivity contribution in [2.75, 3.05) is 7.11 Å². The van der Waals surface area contributed by atoms with Gasteiger partial charge in [-0.15, -0.1) is 0 Å². The molecule has 6 nitrogen and oxygen atoms in total. The summed E-state index contributed by atoms with van der Waals surface area (Å²) in [6.07, 6.45) is 1.43. The number of H-pyrrole nitrogens is 1. The highest BCUT2D eigenvalue weighted by atomic mass is 16.6. The number of methoxy groups -OCH3 is 1. The molecule has 0 unspecified atom stereocenters. The molecule has 0 spiro atoms. The number of ether oxygens (including phenoxy) is 2. The highest BCUT2D eigenvalue weighted by Gasteiger charge is 2.24. The fourth-order valence-corrected chi connectivity index (χ4v) is 2.69. The summed E-state index contributed by atoms with van der Waals surface area (Å²) in [5.41, 5.74) is 1.44. The van der Waals surface area contributed by atoms with Gasteiger partial charge in [-0.05, 0) is 41.8 Å². The fraction of sp³-hybridized carbons (Fsp3) is 0.0500. The van der Waals surface area contributed by atoms with Gasteiger partial charge in [0, 0.05) is 17.2 Å². The van der Waals surface area contributed by atoms with Crippen LogP contribution in [0.25, 0.3) is 17.0 Å². The number of hydrogen-bond donors (Lipinski definition) is 1. The predicted octanol–water partition coefficient (Wildman–Crippen LogP) is 2.88. The third kappa shape index (κ3) is 2.88. The first-order valence-electron chi connectivity index (χ1n) is 7.93. The maximum absolute atomic E-state index is 12.3. The number of pyridine rings is 1. The number of esters is 1. The lowest BCUT2D eigenvalue weighted by molar-refractivity contribution is -0.129. The molecule has 0 radical (unpaired) electrons. The van der Waals surface area contributed by atoms with E-state index in [9.17, 15) is 9.59 Å². The van der Waals surface area contributed by atoms with Crippen molar-refractivity contribution in [3.05, 3.63) is 81.8 Å². The molecule has 0 saturated carbocycles. The van der Waals surface area contributed by atoms with Crippen molar-refractivity contribution in [2.24, 2.45) is 4.99 Å². The second kappa shape index (κ2) is 6.33. The number of aromatic nitrogens is 1. The number of carbonyl (C=O) groups is 1. The van der Waals surface area contributed by atoms with Crippen LogP contribution >= 0.6 is 0 Å². The number of cyclic esters (lactones) is 1. The van der Waals surface area contributed by atoms with Crippen LogP contribution in [0.4, 0.5) is 0 Å². The zero-order valence-corrected chi connectivity index (χ0v) is 13.9. The molecule has 128 valence electrons. The maximum atomic E-state index is 12.3. The Kier molecular flexibility index (Phi) is 3.85. The number of nitrogens with one attached hydrogen (secondary N) is 1. The average molecular weight is 346 g/mol. The first-order valence-corrected chi connectivity index (χ1v) is 7.93. The highest BCUT2D eigenvalue weighted by Crippen LogP contribution is 2.21. The number of hydrogen-bond acceptors (Lipinski definition) is 5. The normalized spacial score (nSPS) is 15.2. The van der Waals surface area contributed by atoms with E-state index in [0.717, 1.165) is 5.39 Å². The van der Waals surface area contributed by atoms with Gasteiger partial charge in [0.2, 0.25) is 5.90 Å². The van der Waals surface area contributed by atoms with E-state index in [0.29, 0.717) is 22.4 Å². The molecule has 2 heterocycles. The molecule has 0 atom stereocenters. The van der Waals surface area contributed by atoms with Gasteiger partial charge in [0.25, 0.3) is 5.56 Å². The molecule has 1 aliphatic heterocycles. The van der Waals surface area contributed by atoms with Crippen molar-refractivity contribution >= 4 is 28.8 Å². The van der Waals surface area contributed by atoms with Gasteiger partial charge >= 0.3 is 5.97 Å². The third-order valence-corrected chi connectivity index (χ3v) is 4.02. The summed E-state index contributed by atoms with van der Waals surface area (Å²) in [6.45, 7) is 0. The van der Waals surface area contributed by atoms with Crippen LogP contribution in [0.1, 0.15) is 11.1 Å². The molecule has 2 aromatic carbocycles. The number of nitrogens with zero attached hydrogens (tertiary/aromatic N) is 1. The van der Waals surface area contributed by atoms with Gasteiger partial charge in [0.1, 0.15) is 5.75 Å². The van der Waals surface area contributed by atoms with Gasteiger partial charge in [-0.2, -0.15) is 0 Å². The molecule has 0 bridgehead atoms. The quantitative estimate of drug-likeness (QED) is 0.584. The zero-order chi connectivity index (χ0) is 18.1. The minimum absolute atomic E-state index is 0.0854. The fourth-order valence-electron chi connectivity index (χ4n) is 2.69. The summed E-state index contributed by atoms with van der Waals surface area (Å²) < 4.78 is 10.4. The van der Waals surface area contributed by atoms with Crippen LogP contribution < -0.4 is 10.3 Å². The Labute approximate surface area is 148 Å². The molecule has 6 heteroatoms. The van der Waals surface area contributed by atoms with Crippen molar-refractivity contribution in [1.29, 1.82) is 0 Å². The first-order chi connectivity index (χ1) is 12.6. The molecular weight excluding hydrogens is 332 g/mol. The SMILES string of the molecule is COc1ccc2cc(/C=C3/N=C(c4ccccc4)OC3=O)c(=O)[nH]c2c1. The predicted molar refractivity (Wildman–Crippen MR) is 98.2 cm³/mol. The van der Waals surface area contributed by atoms with Gasteiger partial charge in [-0.25, -0.2) is 9.79 Å². The molecule has 4 rings (SSSR count). The van der Waals surface area contributed by atoms with Crippen LogP contribution in [0, 0.1) is 0 Å². The van der Waals surface area contributed by atoms with Gasteiger partial charge in [-0.1, -0.05) is 18.2 Å². The summed E-state index contributed by atoms with van der Waals surface area (Å²) in [5, 5.41) is 0.816. The van der Waals surface area contributed by atoms with E-state index in [-0.39, 0.29) is 17.2 Å². The average Bonchev–Trinajstić information content (AvgIpc) is 3.03. The molecule has 0 aliphatic carbocycles. The molecule has 3 aromatic rings. The summed E-state index contributed by atoms with van der Waals surface area (Å²) in [6, 6.07) is 16.2. The Hall–Kier alpha value is -3.67. The summed E-state index contributed by atoms with van der Waals surface area (Å²) in [7, 11) is 1.56. The van der Waals surface area contributed by atoms with Crippen molar-refractivity contribution in [2.45, 2.75) is 0 Å². The van der Waals surface area contributed by atoms with Crippen LogP contribution in [-0.4, -0.2) is 24.0 Å². The molecule has 0 fully saturated rings. The van der Waals surface area contributed by atoms with Crippen LogP contribution in [0.15, 0.2) is 70.1 Å². The summed E-state index contributed by atoms with van der Waals surface area (Å²) >= 11 is 0. The largest absolute Gasteiger partial charge is 0.497 e. The van der Waals surface area contributed by atoms with Crippen LogP contribution in [-0.2, 0) is 9.53 Å². The Balaban J connectivity index is 1.76. The van der Waals surface area contributed by atoms with E-state index in [1.54, 1.807) is 37.4 Å². The summed E-state index contributed by atoms with van der Waals surface area (Å²) in [5.74, 6) is 0.289. The number of benzene rings is 2. The first kappa shape index (κ1) is 15.8. The second-order valence-electron chi connectivity index (χ2n) is 5.71. The van der Waals surface area contributed by atoms with Gasteiger partial charge < -0.3 is 14.5 Å². The molecule has 1 aliphatic rings. The zero-order valence-electron chi connectivity index (χ0n) is 13.9. The Morgan fingerprint density at radius 1 is 1.08 bits per heavy atom. The monoisotopic (exact) mass is 346 g/mol. The van der Waals surface area contributed by atoms with Crippen LogP contribution in [0.2, 0.25) is 0 Å². The number of aromatic amines is 1. The van der Waals surface area contributed by atoms with Gasteiger partial charge in [0.15, 0.2) is 5.70 Å². The Morgan fingerprint density at radius 2 is 1.88 bits per heavy atom. The van der Waals surface area contributed by atoms with Gasteiger partial charge in [-0.3, -0.25) is 4.79 Å². The Morgan fingerprint density at radius 3 is 2.65 bits per heavy atom. The highest BCUT2D eigenvalue weighted by molar-refractivity contribution is 6.12. The smallest absolute Gasteiger partial charge is 0.363 e. The summed E-state index contributed by atoms with van der Waals surface area (Å²) in [4.78, 5) is 31.4. The minimum atomic E-state index is -0.585. The van der Waals surface area contributed by atoms with E-state index in [1.165, 1.54) is 6.08 Å². The topological polar surface area (TPSA) is 80.8 Å². The number of fused-ring (bicyclic) bond motifs is 1. The molecule has 1 aromatic heterocycles. The number of rotatable bonds is 3. The maximum Gasteiger partial charge on any atom is 0.363 e. The second-order valence-corrected chi connectivity index (χ2v) is 5.71. The van der Waals surface area contributed by atoms with Crippen molar-refractivity contribution < 1.29 is 14.3 Å². The van der Waals surface area contributed by atoms with Gasteiger partial charge in [0.05, 0.1) is 12.6 Å². The third-order valence-electron chi connectivity index (χ3n) is 4.02. The number of aliphatic imine (C=N–C) groups is 1. The van der Waals surface area contributed by atoms with E-state index in [2.05, 4.69) is 9.98 Å². The van der Waals surface area contributed by atoms with Crippen LogP contribution in [0.5, 0.6) is 5.75 Å². The van der Waals surface area contributed by atoms with Crippen molar-refractivity contribution in [3.8, 4) is 5.75 Å². The standard InChI is InChI=1S/C20H14N2O4/c1-25-15-8-7-13-9-14(18(23)21-16(13)11-15)10-17-20(24)26-19(22-17)12-5-3-2-4-6-12/h2-11H,1H3,(H,21,23)/b17-10+. The van der Waals surface area contributed by atoms with Crippen molar-refractivity contribution in [1.82, 2.24) is 4.98 Å². The lowest BCUT2D eigenvalue weighted by atomic mass is 10.1. The van der Waals surface area contributed by atoms with E-state index in [4.69, 9.17) is 9.47 Å². The molecule has 26 heavy (non-hydrogen) atoms. The van der Waals surface area contributed by atoms with Crippen molar-refractivity contribution in [3.63, 3.8) is 0 Å². The van der Waals surface area contributed by atoms with E-state index in [1.807, 2.05) is 24.3 Å². The molecule has 0 saturated heterocycles. The Bertz CT molecular complexity index is 1130. The minimum Gasteiger partial charge on any atom is -0.497 e. The lowest BCUT2D eigenvalue weighted by Crippen LogP contribution is -2.10.